The number of nitro groups is 1. The number of carbonyl (C=O) groups excluding carboxylic acids is 1. The van der Waals surface area contributed by atoms with E-state index < -0.39 is 22.2 Å². The van der Waals surface area contributed by atoms with Gasteiger partial charge in [-0.2, -0.15) is 4.98 Å². The van der Waals surface area contributed by atoms with Gasteiger partial charge in [0.05, 0.1) is 17.6 Å². The first-order chi connectivity index (χ1) is 17.5. The van der Waals surface area contributed by atoms with Crippen molar-refractivity contribution in [3.8, 4) is 5.88 Å². The highest BCUT2D eigenvalue weighted by atomic mass is 16.6. The summed E-state index contributed by atoms with van der Waals surface area (Å²) in [6.07, 6.45) is 1.43. The van der Waals surface area contributed by atoms with Crippen molar-refractivity contribution in [1.82, 2.24) is 10.3 Å². The highest BCUT2D eigenvalue weighted by Crippen LogP contribution is 2.41. The summed E-state index contributed by atoms with van der Waals surface area (Å²) >= 11 is 0. The molecule has 2 aromatic carbocycles. The molecule has 0 radical (unpaired) electrons. The van der Waals surface area contributed by atoms with E-state index in [0.717, 1.165) is 28.7 Å². The molecule has 1 aliphatic rings. The zero-order valence-electron chi connectivity index (χ0n) is 21.8. The third kappa shape index (κ3) is 5.66. The summed E-state index contributed by atoms with van der Waals surface area (Å²) < 4.78 is 10.8. The molecule has 194 valence electrons. The maximum atomic E-state index is 13.1. The number of aromatic nitrogens is 1. The van der Waals surface area contributed by atoms with Crippen molar-refractivity contribution in [2.45, 2.75) is 58.1 Å². The Balaban J connectivity index is 1.78. The molecule has 9 heteroatoms. The largest absolute Gasteiger partial charge is 0.481 e. The fourth-order valence-electron chi connectivity index (χ4n) is 4.79. The molecule has 1 aromatic heterocycles. The Morgan fingerprint density at radius 3 is 2.35 bits per heavy atom. The number of ether oxygens (including phenoxy) is 2. The van der Waals surface area contributed by atoms with Crippen LogP contribution in [-0.4, -0.2) is 28.7 Å². The maximum Gasteiger partial charge on any atom is 0.408 e. The van der Waals surface area contributed by atoms with Gasteiger partial charge in [0.1, 0.15) is 5.60 Å². The number of nitrogens with zero attached hydrogens (tertiary/aromatic N) is 2. The van der Waals surface area contributed by atoms with Gasteiger partial charge in [-0.05, 0) is 61.6 Å². The monoisotopic (exact) mass is 504 g/mol. The molecule has 4 rings (SSSR count). The van der Waals surface area contributed by atoms with Crippen LogP contribution in [0.25, 0.3) is 0 Å². The van der Waals surface area contributed by atoms with Crippen LogP contribution >= 0.6 is 0 Å². The standard InChI is InChI=1S/C28H32N4O5/c1-6-18-11-12-21(29-25-23(32(34)35)13-14-24(30-25)36-5)15-22(18)28(31-26(33)37-27(2,3)4)16-19-9-7-8-10-20(19)17-28/h7-15H,6,16-17H2,1-5H3,(H,29,30)(H,31,33). The van der Waals surface area contributed by atoms with Crippen molar-refractivity contribution in [3.63, 3.8) is 0 Å². The average molecular weight is 505 g/mol. The zero-order chi connectivity index (χ0) is 26.8. The third-order valence-electron chi connectivity index (χ3n) is 6.37. The first-order valence-electron chi connectivity index (χ1n) is 12.2. The number of anilines is 2. The number of fused-ring (bicyclic) bond motifs is 1. The number of methoxy groups -OCH3 is 1. The third-order valence-corrected chi connectivity index (χ3v) is 6.37. The molecule has 9 nitrogen and oxygen atoms in total. The molecular formula is C28H32N4O5. The van der Waals surface area contributed by atoms with Crippen LogP contribution in [0.15, 0.2) is 54.6 Å². The van der Waals surface area contributed by atoms with E-state index in [-0.39, 0.29) is 17.4 Å². The van der Waals surface area contributed by atoms with Crippen LogP contribution in [0, 0.1) is 10.1 Å². The van der Waals surface area contributed by atoms with Gasteiger partial charge in [0.2, 0.25) is 11.7 Å². The van der Waals surface area contributed by atoms with Crippen LogP contribution in [0.2, 0.25) is 0 Å². The van der Waals surface area contributed by atoms with E-state index in [1.54, 1.807) is 0 Å². The number of benzene rings is 2. The Hall–Kier alpha value is -4.14. The SMILES string of the molecule is CCc1ccc(Nc2nc(OC)ccc2[N+](=O)[O-])cc1C1(NC(=O)OC(C)(C)C)Cc2ccccc2C1. The Morgan fingerprint density at radius 2 is 1.78 bits per heavy atom. The lowest BCUT2D eigenvalue weighted by atomic mass is 9.82. The molecule has 0 aliphatic heterocycles. The molecule has 1 heterocycles. The predicted octanol–water partition coefficient (Wildman–Crippen LogP) is 5.82. The van der Waals surface area contributed by atoms with Crippen LogP contribution in [0.3, 0.4) is 0 Å². The van der Waals surface area contributed by atoms with Gasteiger partial charge in [-0.15, -0.1) is 0 Å². The van der Waals surface area contributed by atoms with Gasteiger partial charge >= 0.3 is 11.8 Å². The summed E-state index contributed by atoms with van der Waals surface area (Å²) in [5, 5.41) is 17.9. The number of rotatable bonds is 7. The quantitative estimate of drug-likeness (QED) is 0.307. The van der Waals surface area contributed by atoms with E-state index in [2.05, 4.69) is 34.7 Å². The summed E-state index contributed by atoms with van der Waals surface area (Å²) in [4.78, 5) is 28.4. The summed E-state index contributed by atoms with van der Waals surface area (Å²) in [6.45, 7) is 7.56. The van der Waals surface area contributed by atoms with Crippen molar-refractivity contribution in [2.75, 3.05) is 12.4 Å². The minimum atomic E-state index is -0.747. The lowest BCUT2D eigenvalue weighted by Crippen LogP contribution is -2.49. The fraction of sp³-hybridized carbons (Fsp3) is 0.357. The van der Waals surface area contributed by atoms with Crippen LogP contribution in [0.4, 0.5) is 22.0 Å². The number of nitrogens with one attached hydrogen (secondary N) is 2. The van der Waals surface area contributed by atoms with E-state index in [0.29, 0.717) is 18.5 Å². The molecule has 0 saturated heterocycles. The average Bonchev–Trinajstić information content (AvgIpc) is 3.21. The molecule has 37 heavy (non-hydrogen) atoms. The molecule has 3 aromatic rings. The Morgan fingerprint density at radius 1 is 1.11 bits per heavy atom. The summed E-state index contributed by atoms with van der Waals surface area (Å²) in [6, 6.07) is 16.7. The summed E-state index contributed by atoms with van der Waals surface area (Å²) in [5.74, 6) is 0.330. The van der Waals surface area contributed by atoms with Crippen molar-refractivity contribution in [1.29, 1.82) is 0 Å². The second kappa shape index (κ2) is 10.1. The van der Waals surface area contributed by atoms with Crippen LogP contribution < -0.4 is 15.4 Å². The Kier molecular flexibility index (Phi) is 7.07. The molecule has 0 unspecified atom stereocenters. The number of amides is 1. The lowest BCUT2D eigenvalue weighted by molar-refractivity contribution is -0.384. The van der Waals surface area contributed by atoms with Gasteiger partial charge in [0.25, 0.3) is 0 Å². The first kappa shape index (κ1) is 25.9. The molecule has 1 aliphatic carbocycles. The van der Waals surface area contributed by atoms with E-state index in [4.69, 9.17) is 9.47 Å². The highest BCUT2D eigenvalue weighted by Gasteiger charge is 2.42. The van der Waals surface area contributed by atoms with Crippen molar-refractivity contribution in [3.05, 3.63) is 87.0 Å². The van der Waals surface area contributed by atoms with Gasteiger partial charge in [0, 0.05) is 30.7 Å². The summed E-state index contributed by atoms with van der Waals surface area (Å²) in [7, 11) is 1.45. The van der Waals surface area contributed by atoms with Crippen LogP contribution in [0.5, 0.6) is 5.88 Å². The van der Waals surface area contributed by atoms with Gasteiger partial charge in [-0.25, -0.2) is 4.79 Å². The Bertz CT molecular complexity index is 1310. The van der Waals surface area contributed by atoms with E-state index in [1.165, 1.54) is 19.2 Å². The van der Waals surface area contributed by atoms with E-state index in [1.807, 2.05) is 51.1 Å². The summed E-state index contributed by atoms with van der Waals surface area (Å²) in [5.41, 5.74) is 3.34. The normalized spacial score (nSPS) is 14.0. The van der Waals surface area contributed by atoms with Crippen molar-refractivity contribution >= 4 is 23.3 Å². The van der Waals surface area contributed by atoms with E-state index in [9.17, 15) is 14.9 Å². The molecular weight excluding hydrogens is 472 g/mol. The van der Waals surface area contributed by atoms with E-state index >= 15 is 0 Å². The number of hydrogen-bond acceptors (Lipinski definition) is 7. The van der Waals surface area contributed by atoms with Crippen LogP contribution in [0.1, 0.15) is 49.9 Å². The molecule has 0 atom stereocenters. The first-order valence-corrected chi connectivity index (χ1v) is 12.2. The minimum absolute atomic E-state index is 0.0726. The zero-order valence-corrected chi connectivity index (χ0v) is 21.8. The fourth-order valence-corrected chi connectivity index (χ4v) is 4.79. The Labute approximate surface area is 216 Å². The molecule has 1 amide bonds. The minimum Gasteiger partial charge on any atom is -0.481 e. The van der Waals surface area contributed by atoms with Gasteiger partial charge in [-0.3, -0.25) is 10.1 Å². The number of pyridine rings is 1. The van der Waals surface area contributed by atoms with Crippen LogP contribution in [-0.2, 0) is 29.5 Å². The second-order valence-electron chi connectivity index (χ2n) is 10.2. The topological polar surface area (TPSA) is 116 Å². The van der Waals surface area contributed by atoms with Crippen molar-refractivity contribution in [2.24, 2.45) is 0 Å². The van der Waals surface area contributed by atoms with Gasteiger partial charge in [0.15, 0.2) is 0 Å². The van der Waals surface area contributed by atoms with Gasteiger partial charge in [-0.1, -0.05) is 37.3 Å². The smallest absolute Gasteiger partial charge is 0.408 e. The molecule has 0 saturated carbocycles. The number of alkyl carbamates (subject to hydrolysis) is 1. The number of aryl methyl sites for hydroxylation is 1. The molecule has 0 fully saturated rings. The number of hydrogen-bond donors (Lipinski definition) is 2. The predicted molar refractivity (Wildman–Crippen MR) is 141 cm³/mol. The molecule has 2 N–H and O–H groups in total. The molecule has 0 spiro atoms. The van der Waals surface area contributed by atoms with Gasteiger partial charge < -0.3 is 20.1 Å². The second-order valence-corrected chi connectivity index (χ2v) is 10.2. The lowest BCUT2D eigenvalue weighted by Gasteiger charge is -2.34. The highest BCUT2D eigenvalue weighted by molar-refractivity contribution is 5.72. The van der Waals surface area contributed by atoms with Crippen molar-refractivity contribution < 1.29 is 19.2 Å². The molecule has 0 bridgehead atoms. The maximum absolute atomic E-state index is 13.1. The number of carbonyl (C=O) groups is 1.